The molecular formula is C15H17ClFNO4S. The zero-order chi connectivity index (χ0) is 22.4. The first-order chi connectivity index (χ1) is 13.1. The van der Waals surface area contributed by atoms with Gasteiger partial charge < -0.3 is 4.74 Å². The summed E-state index contributed by atoms with van der Waals surface area (Å²) >= 11 is 5.79. The Morgan fingerprint density at radius 2 is 2.39 bits per heavy atom. The van der Waals surface area contributed by atoms with Crippen molar-refractivity contribution >= 4 is 33.3 Å². The number of allylic oxidation sites excluding steroid dienone is 1. The molecule has 1 atom stereocenters. The molecule has 0 aromatic heterocycles. The maximum Gasteiger partial charge on any atom is 0.335 e. The number of nitrogens with one attached hydrogen (secondary N) is 1. The van der Waals surface area contributed by atoms with Crippen molar-refractivity contribution < 1.29 is 30.6 Å². The summed E-state index contributed by atoms with van der Waals surface area (Å²) in [4.78, 5) is 12.3. The van der Waals surface area contributed by atoms with Gasteiger partial charge in [0.15, 0.2) is 1.41 Å². The van der Waals surface area contributed by atoms with E-state index in [0.29, 0.717) is 6.07 Å². The second-order valence-electron chi connectivity index (χ2n) is 4.34. The molecule has 0 heterocycles. The molecule has 0 spiro atoms. The van der Waals surface area contributed by atoms with Crippen molar-refractivity contribution in [1.29, 1.82) is 0 Å². The topological polar surface area (TPSA) is 72.5 Å². The molecule has 23 heavy (non-hydrogen) atoms. The number of benzene rings is 1. The Hall–Kier alpha value is -1.60. The van der Waals surface area contributed by atoms with Crippen LogP contribution in [0.2, 0.25) is 6.43 Å². The van der Waals surface area contributed by atoms with Crippen LogP contribution in [0.5, 0.6) is 0 Å². The number of sulfonamides is 1. The van der Waals surface area contributed by atoms with E-state index in [-0.39, 0.29) is 11.3 Å². The van der Waals surface area contributed by atoms with Gasteiger partial charge in [-0.3, -0.25) is 4.72 Å². The Morgan fingerprint density at radius 3 is 3.04 bits per heavy atom. The lowest BCUT2D eigenvalue weighted by molar-refractivity contribution is -0.138. The molecular weight excluding hydrogens is 345 g/mol. The first kappa shape index (κ1) is 11.0. The highest BCUT2D eigenvalue weighted by atomic mass is 35.5. The quantitative estimate of drug-likeness (QED) is 0.811. The molecule has 1 N–H and O–H groups in total. The molecule has 0 unspecified atom stereocenters. The number of halogens is 2. The van der Waals surface area contributed by atoms with Gasteiger partial charge in [-0.15, -0.1) is 0 Å². The molecule has 1 aromatic carbocycles. The second kappa shape index (κ2) is 7.31. The van der Waals surface area contributed by atoms with E-state index in [1.54, 1.807) is 0 Å². The van der Waals surface area contributed by atoms with Crippen LogP contribution in [-0.2, 0) is 19.6 Å². The number of hydrogen-bond donors (Lipinski definition) is 1. The van der Waals surface area contributed by atoms with Gasteiger partial charge >= 0.3 is 5.97 Å². The molecule has 0 amide bonds. The monoisotopic (exact) mass is 367 g/mol. The number of esters is 1. The van der Waals surface area contributed by atoms with E-state index in [4.69, 9.17) is 24.6 Å². The zero-order valence-corrected chi connectivity index (χ0v) is 13.5. The summed E-state index contributed by atoms with van der Waals surface area (Å²) in [6.45, 7) is 1.20. The maximum absolute atomic E-state index is 13.3. The average molecular weight is 368 g/mol. The van der Waals surface area contributed by atoms with Crippen LogP contribution in [-0.4, -0.2) is 26.2 Å². The summed E-state index contributed by atoms with van der Waals surface area (Å²) in [5.74, 6) is -2.16. The molecule has 0 radical (unpaired) electrons. The van der Waals surface area contributed by atoms with Crippen molar-refractivity contribution in [2.24, 2.45) is 0 Å². The van der Waals surface area contributed by atoms with Gasteiger partial charge in [-0.25, -0.2) is 17.6 Å². The molecule has 0 bridgehead atoms. The minimum Gasteiger partial charge on any atom is -0.463 e. The standard InChI is InChI=1S/C15H17ClFNO4S/c1-2-22-15(19)11-5-3-4-6-14(11)23(20,21)18-13-8-7-10(17)9-12(13)16/h5,7-9,14,18H,2-4,6H2,1H3/t14-/m1/s1/i4D2,6D2,14D/hD. The minimum atomic E-state index is -5.47. The van der Waals surface area contributed by atoms with E-state index in [9.17, 15) is 17.6 Å². The average Bonchev–Trinajstić information content (AvgIpc) is 2.59. The molecule has 2 rings (SSSR count). The van der Waals surface area contributed by atoms with Gasteiger partial charge in [0.05, 0.1) is 24.3 Å². The summed E-state index contributed by atoms with van der Waals surface area (Å²) in [7, 11) is -5.47. The second-order valence-corrected chi connectivity index (χ2v) is 6.28. The van der Waals surface area contributed by atoms with Crippen molar-refractivity contribution in [2.45, 2.75) is 31.3 Å². The summed E-state index contributed by atoms with van der Waals surface area (Å²) in [5.41, 5.74) is -1.57. The Balaban J connectivity index is 2.76. The number of ether oxygens (including phenoxy) is 1. The lowest BCUT2D eigenvalue weighted by Gasteiger charge is -2.24. The fourth-order valence-corrected chi connectivity index (χ4v) is 3.18. The van der Waals surface area contributed by atoms with Crippen molar-refractivity contribution in [3.8, 4) is 0 Å². The van der Waals surface area contributed by atoms with Gasteiger partial charge in [0.25, 0.3) is 0 Å². The molecule has 5 nitrogen and oxygen atoms in total. The van der Waals surface area contributed by atoms with Gasteiger partial charge in [-0.05, 0) is 44.3 Å². The molecule has 1 aliphatic carbocycles. The van der Waals surface area contributed by atoms with Gasteiger partial charge in [-0.1, -0.05) is 17.7 Å². The third kappa shape index (κ3) is 4.23. The van der Waals surface area contributed by atoms with E-state index in [0.717, 1.165) is 18.2 Å². The molecule has 0 aliphatic heterocycles. The van der Waals surface area contributed by atoms with Crippen LogP contribution in [0.3, 0.4) is 0 Å². The van der Waals surface area contributed by atoms with Gasteiger partial charge in [0.1, 0.15) is 11.0 Å². The van der Waals surface area contributed by atoms with Crippen molar-refractivity contribution in [2.75, 3.05) is 11.3 Å². The Morgan fingerprint density at radius 1 is 1.65 bits per heavy atom. The Kier molecular flexibility index (Phi) is 3.51. The van der Waals surface area contributed by atoms with Crippen molar-refractivity contribution in [3.63, 3.8) is 0 Å². The van der Waals surface area contributed by atoms with Crippen LogP contribution in [0, 0.1) is 5.82 Å². The number of carbonyl (C=O) groups excluding carboxylic acids is 1. The summed E-state index contributed by atoms with van der Waals surface area (Å²) in [6, 6.07) is 2.33. The van der Waals surface area contributed by atoms with Gasteiger partial charge in [0, 0.05) is 5.48 Å². The predicted octanol–water partition coefficient (Wildman–Crippen LogP) is 3.26. The fraction of sp³-hybridized carbons (Fsp3) is 0.400. The van der Waals surface area contributed by atoms with Crippen molar-refractivity contribution in [3.05, 3.63) is 40.7 Å². The lowest BCUT2D eigenvalue weighted by atomic mass is 9.99. The van der Waals surface area contributed by atoms with Crippen LogP contribution in [0.4, 0.5) is 10.1 Å². The molecule has 0 saturated carbocycles. The van der Waals surface area contributed by atoms with E-state index in [2.05, 4.69) is 0 Å². The number of anilines is 1. The molecule has 8 heteroatoms. The van der Waals surface area contributed by atoms with Crippen LogP contribution in [0.25, 0.3) is 0 Å². The van der Waals surface area contributed by atoms with Crippen LogP contribution < -0.4 is 4.72 Å². The smallest absolute Gasteiger partial charge is 0.335 e. The normalized spacial score (nSPS) is 29.6. The van der Waals surface area contributed by atoms with E-state index in [1.165, 1.54) is 6.92 Å². The van der Waals surface area contributed by atoms with E-state index < -0.39 is 62.5 Å². The highest BCUT2D eigenvalue weighted by Gasteiger charge is 2.35. The highest BCUT2D eigenvalue weighted by Crippen LogP contribution is 2.30. The lowest BCUT2D eigenvalue weighted by Crippen LogP contribution is -2.34. The number of rotatable bonds is 5. The minimum absolute atomic E-state index is 0.212. The van der Waals surface area contributed by atoms with Crippen LogP contribution >= 0.6 is 11.6 Å². The summed E-state index contributed by atoms with van der Waals surface area (Å²) in [6.07, 6.45) is -6.25. The van der Waals surface area contributed by atoms with E-state index in [1.807, 2.05) is 0 Å². The largest absolute Gasteiger partial charge is 0.463 e. The summed E-state index contributed by atoms with van der Waals surface area (Å²) in [5, 5.41) is -4.11. The molecule has 1 aromatic rings. The first-order valence-corrected chi connectivity index (χ1v) is 8.33. The summed E-state index contributed by atoms with van der Waals surface area (Å²) < 4.78 is 92.5. The highest BCUT2D eigenvalue weighted by molar-refractivity contribution is 7.93. The predicted molar refractivity (Wildman–Crippen MR) is 86.3 cm³/mol. The molecule has 0 fully saturated rings. The number of carbonyl (C=O) groups is 1. The SMILES string of the molecule is [2H]N(c1ccc(F)cc1Cl)S(=O)(=O)[C@@]1([2H])C(C(=O)OCC)=CCC([2H])([2H])C1([2H])[2H]. The van der Waals surface area contributed by atoms with Crippen LogP contribution in [0.15, 0.2) is 29.8 Å². The van der Waals surface area contributed by atoms with Crippen LogP contribution in [0.1, 0.15) is 32.9 Å². The molecule has 0 saturated heterocycles. The fourth-order valence-electron chi connectivity index (χ4n) is 1.76. The molecule has 126 valence electrons. The van der Waals surface area contributed by atoms with Gasteiger partial charge in [-0.2, -0.15) is 0 Å². The first-order valence-electron chi connectivity index (χ1n) is 9.46. The zero-order valence-electron chi connectivity index (χ0n) is 18.0. The Bertz CT molecular complexity index is 974. The van der Waals surface area contributed by atoms with Crippen molar-refractivity contribution in [1.82, 2.24) is 0 Å². The third-order valence-corrected chi connectivity index (χ3v) is 4.31. The maximum atomic E-state index is 13.3. The van der Waals surface area contributed by atoms with E-state index >= 15 is 0 Å². The third-order valence-electron chi connectivity index (χ3n) is 2.74. The molecule has 1 aliphatic rings. The number of hydrogen-bond acceptors (Lipinski definition) is 4. The Labute approximate surface area is 148 Å². The van der Waals surface area contributed by atoms with Gasteiger partial charge in [0.2, 0.25) is 10.0 Å².